The monoisotopic (exact) mass is 415 g/mol. The molecule has 29 heavy (non-hydrogen) atoms. The van der Waals surface area contributed by atoms with E-state index in [0.29, 0.717) is 0 Å². The summed E-state index contributed by atoms with van der Waals surface area (Å²) in [4.78, 5) is 52.9. The number of ether oxygens (including phenoxy) is 3. The molecule has 9 heteroatoms. The second kappa shape index (κ2) is 8.69. The van der Waals surface area contributed by atoms with Crippen molar-refractivity contribution in [1.82, 2.24) is 4.90 Å². The van der Waals surface area contributed by atoms with Crippen LogP contribution in [0.5, 0.6) is 0 Å². The van der Waals surface area contributed by atoms with E-state index in [-0.39, 0.29) is 13.2 Å². The van der Waals surface area contributed by atoms with E-state index in [9.17, 15) is 24.3 Å². The van der Waals surface area contributed by atoms with Crippen molar-refractivity contribution in [3.8, 4) is 0 Å². The molecule has 0 aromatic heterocycles. The molecule has 0 aliphatic carbocycles. The minimum Gasteiger partial charge on any atom is -0.464 e. The zero-order chi connectivity index (χ0) is 22.8. The van der Waals surface area contributed by atoms with Crippen LogP contribution < -0.4 is 0 Å². The van der Waals surface area contributed by atoms with E-state index >= 15 is 0 Å². The predicted molar refractivity (Wildman–Crippen MR) is 103 cm³/mol. The fraction of sp³-hybridized carbons (Fsp3) is 0.800. The van der Waals surface area contributed by atoms with Crippen molar-refractivity contribution < 1.29 is 38.5 Å². The Bertz CT molecular complexity index is 644. The Labute approximate surface area is 171 Å². The molecule has 0 spiro atoms. The van der Waals surface area contributed by atoms with Gasteiger partial charge in [-0.2, -0.15) is 0 Å². The van der Waals surface area contributed by atoms with Gasteiger partial charge in [-0.3, -0.25) is 4.79 Å². The smallest absolute Gasteiger partial charge is 0.347 e. The average Bonchev–Trinajstić information content (AvgIpc) is 2.72. The van der Waals surface area contributed by atoms with E-state index in [1.165, 1.54) is 20.8 Å². The van der Waals surface area contributed by atoms with Crippen LogP contribution in [0.25, 0.3) is 0 Å². The molecule has 0 bridgehead atoms. The van der Waals surface area contributed by atoms with E-state index in [1.54, 1.807) is 34.6 Å². The van der Waals surface area contributed by atoms with Gasteiger partial charge in [-0.25, -0.2) is 14.4 Å². The third kappa shape index (κ3) is 4.55. The summed E-state index contributed by atoms with van der Waals surface area (Å²) in [7, 11) is 0. The molecule has 1 N–H and O–H groups in total. The van der Waals surface area contributed by atoms with Crippen molar-refractivity contribution in [2.24, 2.45) is 5.92 Å². The Morgan fingerprint density at radius 2 is 1.55 bits per heavy atom. The number of aliphatic hydroxyl groups is 1. The van der Waals surface area contributed by atoms with Crippen molar-refractivity contribution in [2.75, 3.05) is 13.2 Å². The van der Waals surface area contributed by atoms with Crippen molar-refractivity contribution in [2.45, 2.75) is 84.6 Å². The van der Waals surface area contributed by atoms with Gasteiger partial charge in [0.25, 0.3) is 5.54 Å². The fourth-order valence-corrected chi connectivity index (χ4v) is 3.55. The Kier molecular flexibility index (Phi) is 7.45. The van der Waals surface area contributed by atoms with Crippen LogP contribution in [0.1, 0.15) is 61.8 Å². The summed E-state index contributed by atoms with van der Waals surface area (Å²) < 4.78 is 15.6. The Morgan fingerprint density at radius 1 is 1.10 bits per heavy atom. The maximum absolute atomic E-state index is 13.1. The van der Waals surface area contributed by atoms with Gasteiger partial charge in [-0.15, -0.1) is 0 Å². The Balaban J connectivity index is 3.74. The van der Waals surface area contributed by atoms with Crippen LogP contribution in [-0.4, -0.2) is 69.8 Å². The topological polar surface area (TPSA) is 119 Å². The van der Waals surface area contributed by atoms with Gasteiger partial charge in [0.1, 0.15) is 17.2 Å². The molecular weight excluding hydrogens is 382 g/mol. The zero-order valence-corrected chi connectivity index (χ0v) is 18.5. The molecule has 1 amide bonds. The summed E-state index contributed by atoms with van der Waals surface area (Å²) >= 11 is 0. The van der Waals surface area contributed by atoms with Crippen molar-refractivity contribution in [1.29, 1.82) is 0 Å². The van der Waals surface area contributed by atoms with E-state index in [4.69, 9.17) is 14.2 Å². The second-order valence-electron chi connectivity index (χ2n) is 8.59. The summed E-state index contributed by atoms with van der Waals surface area (Å²) in [5, 5.41) is 11.1. The SMILES string of the molecule is CCOC(=O)C1(C(=O)OCC)N(C(C(=O)OC(C)(C)C)C(C)C)C(=O)CC1(C)O. The van der Waals surface area contributed by atoms with Gasteiger partial charge < -0.3 is 24.2 Å². The first-order valence-corrected chi connectivity index (χ1v) is 9.79. The molecule has 166 valence electrons. The van der Waals surface area contributed by atoms with Gasteiger partial charge in [0.2, 0.25) is 5.91 Å². The van der Waals surface area contributed by atoms with Crippen molar-refractivity contribution >= 4 is 23.8 Å². The van der Waals surface area contributed by atoms with Crippen LogP contribution in [0.2, 0.25) is 0 Å². The van der Waals surface area contributed by atoms with E-state index in [1.807, 2.05) is 0 Å². The number of nitrogens with zero attached hydrogens (tertiary/aromatic N) is 1. The molecule has 2 unspecified atom stereocenters. The highest BCUT2D eigenvalue weighted by Crippen LogP contribution is 2.44. The molecule has 1 heterocycles. The lowest BCUT2D eigenvalue weighted by Gasteiger charge is -2.44. The first-order valence-electron chi connectivity index (χ1n) is 9.79. The molecule has 1 aliphatic heterocycles. The lowest BCUT2D eigenvalue weighted by Crippen LogP contribution is -2.72. The number of amides is 1. The second-order valence-corrected chi connectivity index (χ2v) is 8.59. The van der Waals surface area contributed by atoms with Gasteiger partial charge in [0, 0.05) is 0 Å². The van der Waals surface area contributed by atoms with Gasteiger partial charge >= 0.3 is 17.9 Å². The largest absolute Gasteiger partial charge is 0.464 e. The van der Waals surface area contributed by atoms with Crippen LogP contribution in [0, 0.1) is 5.92 Å². The highest BCUT2D eigenvalue weighted by molar-refractivity contribution is 6.13. The molecule has 1 rings (SSSR count). The maximum Gasteiger partial charge on any atom is 0.347 e. The van der Waals surface area contributed by atoms with E-state index in [2.05, 4.69) is 0 Å². The standard InChI is InChI=1S/C20H33NO8/c1-9-27-16(24)20(17(25)28-10-2)19(8,26)11-13(22)21(20)14(12(3)4)15(23)29-18(5,6)7/h12,14,26H,9-11H2,1-8H3. The number of hydrogen-bond donors (Lipinski definition) is 1. The highest BCUT2D eigenvalue weighted by atomic mass is 16.6. The first-order chi connectivity index (χ1) is 13.2. The van der Waals surface area contributed by atoms with Crippen LogP contribution in [0.4, 0.5) is 0 Å². The fourth-order valence-electron chi connectivity index (χ4n) is 3.55. The first kappa shape index (κ1) is 24.9. The summed E-state index contributed by atoms with van der Waals surface area (Å²) in [5.41, 5.74) is -5.55. The zero-order valence-electron chi connectivity index (χ0n) is 18.5. The molecule has 0 radical (unpaired) electrons. The van der Waals surface area contributed by atoms with Crippen LogP contribution in [0.15, 0.2) is 0 Å². The number of likely N-dealkylation sites (tertiary alicyclic amines) is 1. The van der Waals surface area contributed by atoms with Crippen LogP contribution >= 0.6 is 0 Å². The van der Waals surface area contributed by atoms with Crippen LogP contribution in [-0.2, 0) is 33.4 Å². The molecule has 1 saturated heterocycles. The highest BCUT2D eigenvalue weighted by Gasteiger charge is 2.73. The number of hydrogen-bond acceptors (Lipinski definition) is 8. The summed E-state index contributed by atoms with van der Waals surface area (Å²) in [6.07, 6.45) is -0.559. The molecule has 9 nitrogen and oxygen atoms in total. The molecule has 0 aromatic rings. The quantitative estimate of drug-likeness (QED) is 0.374. The third-order valence-corrected chi connectivity index (χ3v) is 4.60. The van der Waals surface area contributed by atoms with Gasteiger partial charge in [-0.05, 0) is 47.5 Å². The minimum absolute atomic E-state index is 0.100. The minimum atomic E-state index is -2.53. The molecule has 0 saturated carbocycles. The lowest BCUT2D eigenvalue weighted by molar-refractivity contribution is -0.195. The van der Waals surface area contributed by atoms with E-state index < -0.39 is 58.9 Å². The molecule has 1 aliphatic rings. The normalized spacial score (nSPS) is 22.4. The van der Waals surface area contributed by atoms with Gasteiger partial charge in [0.15, 0.2) is 0 Å². The number of carbonyl (C=O) groups is 4. The Hall–Kier alpha value is -2.16. The molecule has 2 atom stereocenters. The molecular formula is C20H33NO8. The lowest BCUT2D eigenvalue weighted by atomic mass is 9.80. The van der Waals surface area contributed by atoms with Crippen molar-refractivity contribution in [3.63, 3.8) is 0 Å². The van der Waals surface area contributed by atoms with Crippen LogP contribution in [0.3, 0.4) is 0 Å². The Morgan fingerprint density at radius 3 is 1.90 bits per heavy atom. The summed E-state index contributed by atoms with van der Waals surface area (Å²) in [6.45, 7) is 12.3. The van der Waals surface area contributed by atoms with Crippen molar-refractivity contribution in [3.05, 3.63) is 0 Å². The molecule has 1 fully saturated rings. The summed E-state index contributed by atoms with van der Waals surface area (Å²) in [5.74, 6) is -4.38. The maximum atomic E-state index is 13.1. The molecule has 0 aromatic carbocycles. The number of esters is 3. The van der Waals surface area contributed by atoms with E-state index in [0.717, 1.165) is 4.90 Å². The number of rotatable bonds is 7. The third-order valence-electron chi connectivity index (χ3n) is 4.60. The average molecular weight is 415 g/mol. The summed E-state index contributed by atoms with van der Waals surface area (Å²) in [6, 6.07) is -1.32. The van der Waals surface area contributed by atoms with Gasteiger partial charge in [0.05, 0.1) is 19.6 Å². The number of carbonyl (C=O) groups excluding carboxylic acids is 4. The predicted octanol–water partition coefficient (Wildman–Crippen LogP) is 1.20. The van der Waals surface area contributed by atoms with Gasteiger partial charge in [-0.1, -0.05) is 13.8 Å².